The molecule has 0 fully saturated rings. The van der Waals surface area contributed by atoms with Crippen LogP contribution in [0.25, 0.3) is 11.0 Å². The number of thiazole rings is 1. The molecule has 2 aromatic heterocycles. The maximum atomic E-state index is 10.8. The van der Waals surface area contributed by atoms with Crippen molar-refractivity contribution >= 4 is 56.0 Å². The van der Waals surface area contributed by atoms with Crippen molar-refractivity contribution in [2.24, 2.45) is 0 Å². The van der Waals surface area contributed by atoms with Gasteiger partial charge in [-0.2, -0.15) is 0 Å². The van der Waals surface area contributed by atoms with E-state index in [1.165, 1.54) is 11.8 Å². The summed E-state index contributed by atoms with van der Waals surface area (Å²) in [7, 11) is 0. The summed E-state index contributed by atoms with van der Waals surface area (Å²) in [5.41, 5.74) is 1.81. The fourth-order valence-electron chi connectivity index (χ4n) is 1.94. The van der Waals surface area contributed by atoms with Crippen molar-refractivity contribution in [3.05, 3.63) is 39.3 Å². The molecular formula is C13H10BrN3O2S2. The van der Waals surface area contributed by atoms with E-state index in [0.717, 1.165) is 20.5 Å². The number of nitrogens with zero attached hydrogens (tertiary/aromatic N) is 3. The minimum atomic E-state index is -0.853. The molecule has 0 aliphatic rings. The van der Waals surface area contributed by atoms with E-state index in [9.17, 15) is 4.79 Å². The summed E-state index contributed by atoms with van der Waals surface area (Å²) in [6.45, 7) is 0.595. The molecule has 2 heterocycles. The number of thioether (sulfide) groups is 1. The molecule has 108 valence electrons. The van der Waals surface area contributed by atoms with Crippen molar-refractivity contribution in [3.8, 4) is 0 Å². The largest absolute Gasteiger partial charge is 0.481 e. The first-order valence-corrected chi connectivity index (χ1v) is 8.68. The van der Waals surface area contributed by atoms with Crippen molar-refractivity contribution in [3.63, 3.8) is 0 Å². The van der Waals surface area contributed by atoms with Crippen molar-refractivity contribution in [1.29, 1.82) is 0 Å². The van der Waals surface area contributed by atoms with E-state index >= 15 is 0 Å². The van der Waals surface area contributed by atoms with Crippen molar-refractivity contribution < 1.29 is 9.90 Å². The molecule has 21 heavy (non-hydrogen) atoms. The third-order valence-electron chi connectivity index (χ3n) is 2.78. The van der Waals surface area contributed by atoms with Gasteiger partial charge < -0.3 is 9.67 Å². The van der Waals surface area contributed by atoms with Crippen molar-refractivity contribution in [2.45, 2.75) is 11.7 Å². The molecule has 1 N–H and O–H groups in total. The number of aliphatic carboxylic acids is 1. The molecule has 0 aliphatic heterocycles. The zero-order valence-electron chi connectivity index (χ0n) is 10.7. The SMILES string of the molecule is O=C(O)CSc1nc2cc(Br)ccc2n1Cc1nccs1. The van der Waals surface area contributed by atoms with Gasteiger partial charge in [-0.05, 0) is 18.2 Å². The Morgan fingerprint density at radius 2 is 2.33 bits per heavy atom. The molecule has 0 saturated heterocycles. The molecule has 0 radical (unpaired) electrons. The van der Waals surface area contributed by atoms with E-state index in [0.29, 0.717) is 11.7 Å². The van der Waals surface area contributed by atoms with E-state index < -0.39 is 5.97 Å². The molecule has 0 bridgehead atoms. The number of rotatable bonds is 5. The Bertz CT molecular complexity index is 786. The van der Waals surface area contributed by atoms with Crippen LogP contribution in [0.1, 0.15) is 5.01 Å². The minimum absolute atomic E-state index is 0.0115. The highest BCUT2D eigenvalue weighted by atomic mass is 79.9. The lowest BCUT2D eigenvalue weighted by Gasteiger charge is -2.06. The quantitative estimate of drug-likeness (QED) is 0.683. The Balaban J connectivity index is 2.03. The van der Waals surface area contributed by atoms with Gasteiger partial charge in [0.1, 0.15) is 5.01 Å². The molecule has 0 amide bonds. The van der Waals surface area contributed by atoms with E-state index in [-0.39, 0.29) is 5.75 Å². The smallest absolute Gasteiger partial charge is 0.313 e. The number of halogens is 1. The summed E-state index contributed by atoms with van der Waals surface area (Å²) < 4.78 is 2.96. The second kappa shape index (κ2) is 6.17. The van der Waals surface area contributed by atoms with Crippen LogP contribution in [0.3, 0.4) is 0 Å². The van der Waals surface area contributed by atoms with E-state index in [1.807, 2.05) is 28.1 Å². The van der Waals surface area contributed by atoms with Crippen LogP contribution < -0.4 is 0 Å². The summed E-state index contributed by atoms with van der Waals surface area (Å²) in [5, 5.41) is 12.5. The van der Waals surface area contributed by atoms with Gasteiger partial charge in [-0.25, -0.2) is 9.97 Å². The maximum Gasteiger partial charge on any atom is 0.313 e. The lowest BCUT2D eigenvalue weighted by atomic mass is 10.3. The van der Waals surface area contributed by atoms with E-state index in [4.69, 9.17) is 5.11 Å². The highest BCUT2D eigenvalue weighted by Gasteiger charge is 2.14. The Labute approximate surface area is 137 Å². The molecule has 0 saturated carbocycles. The molecule has 8 heteroatoms. The van der Waals surface area contributed by atoms with Crippen LogP contribution in [-0.2, 0) is 11.3 Å². The third-order valence-corrected chi connectivity index (χ3v) is 5.00. The topological polar surface area (TPSA) is 68.0 Å². The van der Waals surface area contributed by atoms with Crippen molar-refractivity contribution in [1.82, 2.24) is 14.5 Å². The van der Waals surface area contributed by atoms with E-state index in [1.54, 1.807) is 17.5 Å². The van der Waals surface area contributed by atoms with Crippen LogP contribution in [0, 0.1) is 0 Å². The standard InChI is InChI=1S/C13H10BrN3O2S2/c14-8-1-2-10-9(5-8)16-13(21-7-12(18)19)17(10)6-11-15-3-4-20-11/h1-5H,6-7H2,(H,18,19). The van der Waals surface area contributed by atoms with Crippen LogP contribution in [0.15, 0.2) is 39.4 Å². The number of hydrogen-bond donors (Lipinski definition) is 1. The fraction of sp³-hybridized carbons (Fsp3) is 0.154. The van der Waals surface area contributed by atoms with Gasteiger partial charge in [-0.1, -0.05) is 27.7 Å². The average molecular weight is 384 g/mol. The van der Waals surface area contributed by atoms with Crippen LogP contribution in [0.4, 0.5) is 0 Å². The van der Waals surface area contributed by atoms with Crippen LogP contribution >= 0.6 is 39.0 Å². The molecule has 3 rings (SSSR count). The predicted octanol–water partition coefficient (Wildman–Crippen LogP) is 3.48. The monoisotopic (exact) mass is 383 g/mol. The average Bonchev–Trinajstić information content (AvgIpc) is 3.05. The molecule has 1 aromatic carbocycles. The second-order valence-corrected chi connectivity index (χ2v) is 7.06. The van der Waals surface area contributed by atoms with Gasteiger partial charge in [-0.15, -0.1) is 11.3 Å². The maximum absolute atomic E-state index is 10.8. The van der Waals surface area contributed by atoms with Gasteiger partial charge in [0.05, 0.1) is 23.3 Å². The summed E-state index contributed by atoms with van der Waals surface area (Å²) in [5.74, 6) is -0.864. The number of carboxylic acid groups (broad SMARTS) is 1. The van der Waals surface area contributed by atoms with Crippen LogP contribution in [0.5, 0.6) is 0 Å². The van der Waals surface area contributed by atoms with Gasteiger partial charge in [0.15, 0.2) is 5.16 Å². The van der Waals surface area contributed by atoms with Crippen molar-refractivity contribution in [2.75, 3.05) is 5.75 Å². The first-order valence-electron chi connectivity index (χ1n) is 6.02. The first kappa shape index (κ1) is 14.6. The molecule has 5 nitrogen and oxygen atoms in total. The van der Waals surface area contributed by atoms with Gasteiger partial charge in [0.2, 0.25) is 0 Å². The Morgan fingerprint density at radius 1 is 1.48 bits per heavy atom. The molecule has 0 aliphatic carbocycles. The number of hydrogen-bond acceptors (Lipinski definition) is 5. The molecule has 0 spiro atoms. The second-order valence-electron chi connectivity index (χ2n) is 4.22. The van der Waals surface area contributed by atoms with Crippen LogP contribution in [0.2, 0.25) is 0 Å². The van der Waals surface area contributed by atoms with Gasteiger partial charge in [-0.3, -0.25) is 4.79 Å². The first-order chi connectivity index (χ1) is 10.1. The highest BCUT2D eigenvalue weighted by molar-refractivity contribution is 9.10. The van der Waals surface area contributed by atoms with Gasteiger partial charge >= 0.3 is 5.97 Å². The number of carboxylic acids is 1. The molecule has 0 unspecified atom stereocenters. The number of benzene rings is 1. The molecular weight excluding hydrogens is 374 g/mol. The molecule has 0 atom stereocenters. The number of aromatic nitrogens is 3. The van der Waals surface area contributed by atoms with Gasteiger partial charge in [0.25, 0.3) is 0 Å². The zero-order chi connectivity index (χ0) is 14.8. The zero-order valence-corrected chi connectivity index (χ0v) is 13.9. The van der Waals surface area contributed by atoms with Gasteiger partial charge in [0, 0.05) is 16.0 Å². The van der Waals surface area contributed by atoms with Crippen LogP contribution in [-0.4, -0.2) is 31.4 Å². The highest BCUT2D eigenvalue weighted by Crippen LogP contribution is 2.27. The number of imidazole rings is 1. The van der Waals surface area contributed by atoms with E-state index in [2.05, 4.69) is 25.9 Å². The lowest BCUT2D eigenvalue weighted by Crippen LogP contribution is -2.04. The minimum Gasteiger partial charge on any atom is -0.481 e. The molecule has 3 aromatic rings. The third kappa shape index (κ3) is 3.28. The normalized spacial score (nSPS) is 11.1. The lowest BCUT2D eigenvalue weighted by molar-refractivity contribution is -0.133. The predicted molar refractivity (Wildman–Crippen MR) is 87.0 cm³/mol. The Hall–Kier alpha value is -1.38. The summed E-state index contributed by atoms with van der Waals surface area (Å²) >= 11 is 6.22. The summed E-state index contributed by atoms with van der Waals surface area (Å²) in [6.07, 6.45) is 1.76. The Morgan fingerprint density at radius 3 is 3.05 bits per heavy atom. The number of fused-ring (bicyclic) bond motifs is 1. The number of carbonyl (C=O) groups is 1. The summed E-state index contributed by atoms with van der Waals surface area (Å²) in [6, 6.07) is 5.86. The Kier molecular flexibility index (Phi) is 4.27. The summed E-state index contributed by atoms with van der Waals surface area (Å²) in [4.78, 5) is 19.6. The fourth-order valence-corrected chi connectivity index (χ4v) is 3.62.